The summed E-state index contributed by atoms with van der Waals surface area (Å²) in [5, 5.41) is 9.43. The molecule has 0 bridgehead atoms. The molecule has 2 aliphatic heterocycles. The molecule has 2 aromatic heterocycles. The maximum atomic E-state index is 13.2. The van der Waals surface area contributed by atoms with Gasteiger partial charge in [0, 0.05) is 50.0 Å². The number of halogens is 1. The molecular formula is C24H26ClN5O2. The number of carbonyl (C=O) groups is 1. The van der Waals surface area contributed by atoms with Crippen molar-refractivity contribution in [2.24, 2.45) is 5.92 Å². The molecule has 8 heteroatoms. The molecule has 1 atom stereocenters. The second kappa shape index (κ2) is 9.20. The highest BCUT2D eigenvalue weighted by molar-refractivity contribution is 6.30. The van der Waals surface area contributed by atoms with Crippen molar-refractivity contribution in [1.29, 1.82) is 0 Å². The van der Waals surface area contributed by atoms with E-state index in [0.29, 0.717) is 18.0 Å². The number of carbonyl (C=O) groups excluding carboxylic acids is 1. The van der Waals surface area contributed by atoms with Crippen LogP contribution in [0, 0.1) is 5.92 Å². The van der Waals surface area contributed by atoms with Crippen molar-refractivity contribution < 1.29 is 9.21 Å². The van der Waals surface area contributed by atoms with E-state index in [9.17, 15) is 4.79 Å². The maximum Gasteiger partial charge on any atom is 0.227 e. The van der Waals surface area contributed by atoms with Crippen LogP contribution >= 0.6 is 11.6 Å². The molecule has 7 nitrogen and oxygen atoms in total. The van der Waals surface area contributed by atoms with Gasteiger partial charge in [0.25, 0.3) is 0 Å². The molecule has 2 saturated heterocycles. The number of piperazine rings is 1. The van der Waals surface area contributed by atoms with Crippen LogP contribution < -0.4 is 9.80 Å². The maximum absolute atomic E-state index is 13.2. The summed E-state index contributed by atoms with van der Waals surface area (Å²) in [6, 6.07) is 15.5. The van der Waals surface area contributed by atoms with E-state index >= 15 is 0 Å². The molecule has 0 aliphatic carbocycles. The number of aromatic nitrogens is 2. The topological polar surface area (TPSA) is 65.7 Å². The number of amides is 1. The van der Waals surface area contributed by atoms with Gasteiger partial charge in [-0.2, -0.15) is 0 Å². The smallest absolute Gasteiger partial charge is 0.227 e. The van der Waals surface area contributed by atoms with E-state index in [0.717, 1.165) is 62.1 Å². The second-order valence-electron chi connectivity index (χ2n) is 8.33. The predicted octanol–water partition coefficient (Wildman–Crippen LogP) is 3.96. The zero-order valence-corrected chi connectivity index (χ0v) is 18.6. The van der Waals surface area contributed by atoms with Crippen LogP contribution in [0.4, 0.5) is 11.5 Å². The fourth-order valence-electron chi connectivity index (χ4n) is 4.53. The summed E-state index contributed by atoms with van der Waals surface area (Å²) in [5.41, 5.74) is 1.86. The van der Waals surface area contributed by atoms with Gasteiger partial charge in [-0.05, 0) is 61.4 Å². The summed E-state index contributed by atoms with van der Waals surface area (Å²) in [4.78, 5) is 19.7. The minimum Gasteiger partial charge on any atom is -0.463 e. The van der Waals surface area contributed by atoms with Gasteiger partial charge in [0.1, 0.15) is 5.69 Å². The highest BCUT2D eigenvalue weighted by Crippen LogP contribution is 2.26. The summed E-state index contributed by atoms with van der Waals surface area (Å²) in [6.45, 7) is 4.74. The normalized spacial score (nSPS) is 19.3. The van der Waals surface area contributed by atoms with Gasteiger partial charge < -0.3 is 19.1 Å². The minimum atomic E-state index is -0.00242. The first-order valence-electron chi connectivity index (χ1n) is 11.1. The van der Waals surface area contributed by atoms with Gasteiger partial charge in [0.05, 0.1) is 12.2 Å². The fourth-order valence-corrected chi connectivity index (χ4v) is 4.66. The molecule has 3 aromatic rings. The molecule has 2 fully saturated rings. The van der Waals surface area contributed by atoms with Crippen molar-refractivity contribution in [2.75, 3.05) is 49.1 Å². The van der Waals surface area contributed by atoms with Gasteiger partial charge in [-0.15, -0.1) is 10.2 Å². The Morgan fingerprint density at radius 1 is 0.938 bits per heavy atom. The Bertz CT molecular complexity index is 1030. The Balaban J connectivity index is 1.18. The number of hydrogen-bond donors (Lipinski definition) is 0. The van der Waals surface area contributed by atoms with E-state index in [1.54, 1.807) is 6.26 Å². The largest absolute Gasteiger partial charge is 0.463 e. The second-order valence-corrected chi connectivity index (χ2v) is 8.76. The van der Waals surface area contributed by atoms with Crippen LogP contribution in [-0.2, 0) is 4.79 Å². The third-order valence-electron chi connectivity index (χ3n) is 6.30. The lowest BCUT2D eigenvalue weighted by Gasteiger charge is -2.40. The molecule has 0 saturated carbocycles. The molecule has 1 amide bonds. The summed E-state index contributed by atoms with van der Waals surface area (Å²) >= 11 is 6.00. The van der Waals surface area contributed by atoms with Crippen molar-refractivity contribution in [3.8, 4) is 11.5 Å². The Kier molecular flexibility index (Phi) is 5.99. The van der Waals surface area contributed by atoms with Crippen molar-refractivity contribution in [3.05, 3.63) is 59.8 Å². The van der Waals surface area contributed by atoms with E-state index in [1.165, 1.54) is 0 Å². The van der Waals surface area contributed by atoms with E-state index in [1.807, 2.05) is 53.4 Å². The van der Waals surface area contributed by atoms with Crippen molar-refractivity contribution in [2.45, 2.75) is 12.8 Å². The standard InChI is InChI=1S/C24H26ClN5O2/c25-19-5-7-20(8-6-19)28-12-14-29(15-13-28)24(31)18-3-1-11-30(17-18)23-10-9-21(26-27-23)22-4-2-16-32-22/h2,4-10,16,18H,1,3,11-15,17H2. The first kappa shape index (κ1) is 20.8. The van der Waals surface area contributed by atoms with E-state index in [-0.39, 0.29) is 11.8 Å². The number of piperidine rings is 1. The van der Waals surface area contributed by atoms with E-state index in [4.69, 9.17) is 16.0 Å². The average Bonchev–Trinajstić information content (AvgIpc) is 3.40. The summed E-state index contributed by atoms with van der Waals surface area (Å²) in [6.07, 6.45) is 3.52. The zero-order valence-electron chi connectivity index (χ0n) is 17.9. The van der Waals surface area contributed by atoms with Crippen LogP contribution in [0.1, 0.15) is 12.8 Å². The van der Waals surface area contributed by atoms with Crippen LogP contribution in [0.2, 0.25) is 5.02 Å². The number of rotatable bonds is 4. The Hall–Kier alpha value is -3.06. The summed E-state index contributed by atoms with van der Waals surface area (Å²) in [7, 11) is 0. The molecule has 0 N–H and O–H groups in total. The molecule has 166 valence electrons. The van der Waals surface area contributed by atoms with E-state index in [2.05, 4.69) is 20.0 Å². The molecule has 5 rings (SSSR count). The van der Waals surface area contributed by atoms with Crippen molar-refractivity contribution in [3.63, 3.8) is 0 Å². The lowest BCUT2D eigenvalue weighted by Crippen LogP contribution is -2.52. The molecule has 0 radical (unpaired) electrons. The van der Waals surface area contributed by atoms with Gasteiger partial charge in [-0.25, -0.2) is 0 Å². The summed E-state index contributed by atoms with van der Waals surface area (Å²) < 4.78 is 5.39. The first-order chi connectivity index (χ1) is 15.7. The van der Waals surface area contributed by atoms with Crippen LogP contribution in [0.3, 0.4) is 0 Å². The molecule has 1 aromatic carbocycles. The summed E-state index contributed by atoms with van der Waals surface area (Å²) in [5.74, 6) is 1.77. The molecule has 4 heterocycles. The molecule has 32 heavy (non-hydrogen) atoms. The van der Waals surface area contributed by atoms with Crippen molar-refractivity contribution in [1.82, 2.24) is 15.1 Å². The third kappa shape index (κ3) is 4.43. The zero-order chi connectivity index (χ0) is 21.9. The number of anilines is 2. The van der Waals surface area contributed by atoms with Crippen LogP contribution in [0.5, 0.6) is 0 Å². The van der Waals surface area contributed by atoms with Gasteiger partial charge in [0.2, 0.25) is 5.91 Å². The number of furan rings is 1. The molecule has 1 unspecified atom stereocenters. The van der Waals surface area contributed by atoms with Gasteiger partial charge in [0.15, 0.2) is 11.6 Å². The van der Waals surface area contributed by atoms with E-state index < -0.39 is 0 Å². The van der Waals surface area contributed by atoms with Gasteiger partial charge in [-0.3, -0.25) is 4.79 Å². The monoisotopic (exact) mass is 451 g/mol. The molecule has 0 spiro atoms. The van der Waals surface area contributed by atoms with Gasteiger partial charge in [-0.1, -0.05) is 11.6 Å². The Labute approximate surface area is 192 Å². The predicted molar refractivity (Wildman–Crippen MR) is 125 cm³/mol. The highest BCUT2D eigenvalue weighted by atomic mass is 35.5. The SMILES string of the molecule is O=C(C1CCCN(c2ccc(-c3ccco3)nn2)C1)N1CCN(c2ccc(Cl)cc2)CC1. The number of nitrogens with zero attached hydrogens (tertiary/aromatic N) is 5. The fraction of sp³-hybridized carbons (Fsp3) is 0.375. The molecular weight excluding hydrogens is 426 g/mol. The number of hydrogen-bond acceptors (Lipinski definition) is 6. The Morgan fingerprint density at radius 2 is 1.75 bits per heavy atom. The quantitative estimate of drug-likeness (QED) is 0.598. The molecule has 2 aliphatic rings. The number of benzene rings is 1. The highest BCUT2D eigenvalue weighted by Gasteiger charge is 2.31. The van der Waals surface area contributed by atoms with Crippen LogP contribution in [0.15, 0.2) is 59.2 Å². The van der Waals surface area contributed by atoms with Crippen LogP contribution in [-0.4, -0.2) is 60.3 Å². The third-order valence-corrected chi connectivity index (χ3v) is 6.55. The van der Waals surface area contributed by atoms with Crippen molar-refractivity contribution >= 4 is 29.0 Å². The lowest BCUT2D eigenvalue weighted by atomic mass is 9.96. The van der Waals surface area contributed by atoms with Crippen LogP contribution in [0.25, 0.3) is 11.5 Å². The first-order valence-corrected chi connectivity index (χ1v) is 11.5. The Morgan fingerprint density at radius 3 is 2.44 bits per heavy atom. The van der Waals surface area contributed by atoms with Gasteiger partial charge >= 0.3 is 0 Å². The minimum absolute atomic E-state index is 0.00242. The lowest BCUT2D eigenvalue weighted by molar-refractivity contribution is -0.136. The average molecular weight is 452 g/mol.